The fourth-order valence-electron chi connectivity index (χ4n) is 2.50. The molecule has 0 amide bonds. The lowest BCUT2D eigenvalue weighted by Crippen LogP contribution is -2.26. The first-order valence-corrected chi connectivity index (χ1v) is 7.16. The highest BCUT2D eigenvalue weighted by Gasteiger charge is 2.14. The molecular formula is C16H20N4. The van der Waals surface area contributed by atoms with Crippen molar-refractivity contribution >= 4 is 5.82 Å². The summed E-state index contributed by atoms with van der Waals surface area (Å²) in [6, 6.07) is 8.69. The van der Waals surface area contributed by atoms with E-state index < -0.39 is 0 Å². The Hall–Kier alpha value is -1.94. The van der Waals surface area contributed by atoms with Gasteiger partial charge in [-0.1, -0.05) is 29.8 Å². The van der Waals surface area contributed by atoms with Gasteiger partial charge in [0.2, 0.25) is 0 Å². The Labute approximate surface area is 119 Å². The summed E-state index contributed by atoms with van der Waals surface area (Å²) in [4.78, 5) is 8.74. The van der Waals surface area contributed by atoms with Gasteiger partial charge in [-0.25, -0.2) is 9.97 Å². The van der Waals surface area contributed by atoms with Crippen molar-refractivity contribution in [3.63, 3.8) is 0 Å². The van der Waals surface area contributed by atoms with E-state index in [0.717, 1.165) is 38.3 Å². The Morgan fingerprint density at radius 1 is 1.20 bits per heavy atom. The molecule has 0 saturated heterocycles. The molecule has 0 saturated carbocycles. The molecule has 2 N–H and O–H groups in total. The summed E-state index contributed by atoms with van der Waals surface area (Å²) >= 11 is 0. The number of nitrogens with zero attached hydrogens (tertiary/aromatic N) is 2. The molecule has 0 radical (unpaired) electrons. The van der Waals surface area contributed by atoms with Crippen molar-refractivity contribution in [2.75, 3.05) is 18.4 Å². The highest BCUT2D eigenvalue weighted by molar-refractivity contribution is 5.47. The predicted octanol–water partition coefficient (Wildman–Crippen LogP) is 2.09. The van der Waals surface area contributed by atoms with Crippen molar-refractivity contribution in [1.82, 2.24) is 15.3 Å². The van der Waals surface area contributed by atoms with E-state index in [0.29, 0.717) is 0 Å². The minimum absolute atomic E-state index is 0.864. The Morgan fingerprint density at radius 3 is 2.90 bits per heavy atom. The van der Waals surface area contributed by atoms with Crippen molar-refractivity contribution in [2.24, 2.45) is 0 Å². The number of aryl methyl sites for hydroxylation is 1. The van der Waals surface area contributed by atoms with Crippen molar-refractivity contribution in [3.8, 4) is 0 Å². The number of aromatic nitrogens is 2. The molecule has 1 aliphatic rings. The van der Waals surface area contributed by atoms with Crippen LogP contribution in [-0.4, -0.2) is 23.1 Å². The summed E-state index contributed by atoms with van der Waals surface area (Å²) in [6.07, 6.45) is 3.66. The Morgan fingerprint density at radius 2 is 2.05 bits per heavy atom. The lowest BCUT2D eigenvalue weighted by Gasteiger charge is -2.19. The quantitative estimate of drug-likeness (QED) is 0.891. The lowest BCUT2D eigenvalue weighted by atomic mass is 10.1. The van der Waals surface area contributed by atoms with E-state index in [4.69, 9.17) is 0 Å². The van der Waals surface area contributed by atoms with Gasteiger partial charge in [0.1, 0.15) is 12.1 Å². The number of fused-ring (bicyclic) bond motifs is 1. The smallest absolute Gasteiger partial charge is 0.134 e. The van der Waals surface area contributed by atoms with Crippen LogP contribution in [0.15, 0.2) is 30.6 Å². The van der Waals surface area contributed by atoms with E-state index in [1.807, 2.05) is 0 Å². The molecule has 0 bridgehead atoms. The van der Waals surface area contributed by atoms with Crippen LogP contribution < -0.4 is 10.6 Å². The third kappa shape index (κ3) is 2.96. The second kappa shape index (κ2) is 6.01. The number of rotatable bonds is 4. The van der Waals surface area contributed by atoms with Crippen LogP contribution in [-0.2, 0) is 19.4 Å². The molecule has 4 nitrogen and oxygen atoms in total. The average Bonchev–Trinajstić information content (AvgIpc) is 2.49. The van der Waals surface area contributed by atoms with Gasteiger partial charge < -0.3 is 10.6 Å². The van der Waals surface area contributed by atoms with Gasteiger partial charge >= 0.3 is 0 Å². The van der Waals surface area contributed by atoms with Gasteiger partial charge in [0, 0.05) is 31.6 Å². The molecule has 104 valence electrons. The molecular weight excluding hydrogens is 248 g/mol. The zero-order valence-electron chi connectivity index (χ0n) is 11.8. The maximum atomic E-state index is 4.38. The number of benzene rings is 1. The van der Waals surface area contributed by atoms with E-state index in [-0.39, 0.29) is 0 Å². The monoisotopic (exact) mass is 268 g/mol. The minimum Gasteiger partial charge on any atom is -0.369 e. The highest BCUT2D eigenvalue weighted by atomic mass is 15.0. The molecule has 1 aromatic heterocycles. The molecule has 2 aromatic rings. The standard InChI is InChI=1S/C16H20N4/c1-12-2-4-13(5-3-12)6-9-18-16-14-10-17-8-7-15(14)19-11-20-16/h2-5,11,17H,6-10H2,1H3,(H,18,19,20). The summed E-state index contributed by atoms with van der Waals surface area (Å²) < 4.78 is 0. The zero-order chi connectivity index (χ0) is 13.8. The van der Waals surface area contributed by atoms with Gasteiger partial charge in [-0.3, -0.25) is 0 Å². The molecule has 0 aliphatic carbocycles. The molecule has 3 rings (SSSR count). The summed E-state index contributed by atoms with van der Waals surface area (Å²) in [6.45, 7) is 4.88. The highest BCUT2D eigenvalue weighted by Crippen LogP contribution is 2.18. The zero-order valence-corrected chi connectivity index (χ0v) is 11.8. The van der Waals surface area contributed by atoms with Crippen molar-refractivity contribution < 1.29 is 0 Å². The minimum atomic E-state index is 0.864. The SMILES string of the molecule is Cc1ccc(CCNc2ncnc3c2CNCC3)cc1. The maximum Gasteiger partial charge on any atom is 0.134 e. The van der Waals surface area contributed by atoms with Crippen LogP contribution in [0.3, 0.4) is 0 Å². The largest absolute Gasteiger partial charge is 0.369 e. The predicted molar refractivity (Wildman–Crippen MR) is 80.8 cm³/mol. The molecule has 0 spiro atoms. The molecule has 20 heavy (non-hydrogen) atoms. The Balaban J connectivity index is 1.62. The number of nitrogens with one attached hydrogen (secondary N) is 2. The third-order valence-corrected chi connectivity index (χ3v) is 3.70. The fraction of sp³-hybridized carbons (Fsp3) is 0.375. The number of anilines is 1. The molecule has 0 atom stereocenters. The van der Waals surface area contributed by atoms with Crippen molar-refractivity contribution in [1.29, 1.82) is 0 Å². The Bertz CT molecular complexity index is 578. The van der Waals surface area contributed by atoms with E-state index >= 15 is 0 Å². The lowest BCUT2D eigenvalue weighted by molar-refractivity contribution is 0.627. The molecule has 4 heteroatoms. The third-order valence-electron chi connectivity index (χ3n) is 3.70. The first kappa shape index (κ1) is 13.1. The molecule has 0 unspecified atom stereocenters. The van der Waals surface area contributed by atoms with Gasteiger partial charge in [-0.2, -0.15) is 0 Å². The summed E-state index contributed by atoms with van der Waals surface area (Å²) in [7, 11) is 0. The molecule has 1 aromatic carbocycles. The normalized spacial score (nSPS) is 13.8. The molecule has 2 heterocycles. The summed E-state index contributed by atoms with van der Waals surface area (Å²) in [5, 5.41) is 6.82. The topological polar surface area (TPSA) is 49.8 Å². The second-order valence-electron chi connectivity index (χ2n) is 5.24. The first-order valence-electron chi connectivity index (χ1n) is 7.16. The number of hydrogen-bond donors (Lipinski definition) is 2. The maximum absolute atomic E-state index is 4.38. The van der Waals surface area contributed by atoms with E-state index in [1.54, 1.807) is 6.33 Å². The number of hydrogen-bond acceptors (Lipinski definition) is 4. The molecule has 1 aliphatic heterocycles. The molecule has 0 fully saturated rings. The first-order chi connectivity index (χ1) is 9.83. The van der Waals surface area contributed by atoms with Crippen LogP contribution in [0.4, 0.5) is 5.82 Å². The van der Waals surface area contributed by atoms with Gasteiger partial charge in [-0.05, 0) is 18.9 Å². The summed E-state index contributed by atoms with van der Waals surface area (Å²) in [5.74, 6) is 0.981. The van der Waals surface area contributed by atoms with Crippen LogP contribution in [0, 0.1) is 6.92 Å². The van der Waals surface area contributed by atoms with Gasteiger partial charge in [0.25, 0.3) is 0 Å². The van der Waals surface area contributed by atoms with E-state index in [2.05, 4.69) is 51.8 Å². The summed E-state index contributed by atoms with van der Waals surface area (Å²) in [5.41, 5.74) is 5.06. The van der Waals surface area contributed by atoms with Gasteiger partial charge in [-0.15, -0.1) is 0 Å². The fourth-order valence-corrected chi connectivity index (χ4v) is 2.50. The van der Waals surface area contributed by atoms with Gasteiger partial charge in [0.15, 0.2) is 0 Å². The van der Waals surface area contributed by atoms with Crippen LogP contribution in [0.1, 0.15) is 22.4 Å². The van der Waals surface area contributed by atoms with E-state index in [9.17, 15) is 0 Å². The van der Waals surface area contributed by atoms with Crippen LogP contribution in [0.25, 0.3) is 0 Å². The van der Waals surface area contributed by atoms with Crippen molar-refractivity contribution in [3.05, 3.63) is 53.0 Å². The second-order valence-corrected chi connectivity index (χ2v) is 5.24. The van der Waals surface area contributed by atoms with Gasteiger partial charge in [0.05, 0.1) is 5.69 Å². The Kier molecular flexibility index (Phi) is 3.92. The van der Waals surface area contributed by atoms with Crippen LogP contribution in [0.2, 0.25) is 0 Å². The van der Waals surface area contributed by atoms with Crippen LogP contribution in [0.5, 0.6) is 0 Å². The van der Waals surface area contributed by atoms with Crippen LogP contribution >= 0.6 is 0 Å². The van der Waals surface area contributed by atoms with Crippen molar-refractivity contribution in [2.45, 2.75) is 26.3 Å². The average molecular weight is 268 g/mol. The van der Waals surface area contributed by atoms with E-state index in [1.165, 1.54) is 22.4 Å².